The summed E-state index contributed by atoms with van der Waals surface area (Å²) in [5, 5.41) is 0. The van der Waals surface area contributed by atoms with Crippen LogP contribution in [0.4, 0.5) is 19.0 Å². The molecule has 0 fully saturated rings. The van der Waals surface area contributed by atoms with Gasteiger partial charge in [-0.1, -0.05) is 12.1 Å². The Bertz CT molecular complexity index is 1290. The van der Waals surface area contributed by atoms with E-state index in [1.54, 1.807) is 18.2 Å². The number of hydrogen-bond donors (Lipinski definition) is 0. The van der Waals surface area contributed by atoms with Crippen molar-refractivity contribution in [3.8, 4) is 17.0 Å². The van der Waals surface area contributed by atoms with E-state index in [-0.39, 0.29) is 28.9 Å². The lowest BCUT2D eigenvalue weighted by molar-refractivity contribution is -0.153. The number of sulfone groups is 1. The fraction of sp³-hybridized carbons (Fsp3) is 0.190. The van der Waals surface area contributed by atoms with Crippen molar-refractivity contribution in [3.63, 3.8) is 0 Å². The van der Waals surface area contributed by atoms with Gasteiger partial charge in [-0.3, -0.25) is 14.7 Å². The molecule has 2 aromatic heterocycles. The molecule has 1 amide bonds. The Hall–Kier alpha value is -3.47. The lowest BCUT2D eigenvalue weighted by Crippen LogP contribution is -2.24. The van der Waals surface area contributed by atoms with E-state index in [1.165, 1.54) is 41.6 Å². The van der Waals surface area contributed by atoms with Crippen molar-refractivity contribution in [1.82, 2.24) is 9.97 Å². The van der Waals surface area contributed by atoms with Gasteiger partial charge < -0.3 is 4.74 Å². The van der Waals surface area contributed by atoms with Gasteiger partial charge >= 0.3 is 6.18 Å². The van der Waals surface area contributed by atoms with Gasteiger partial charge in [0, 0.05) is 35.3 Å². The van der Waals surface area contributed by atoms with E-state index < -0.39 is 22.6 Å². The molecule has 0 saturated carbocycles. The minimum atomic E-state index is -4.50. The van der Waals surface area contributed by atoms with Crippen LogP contribution in [0, 0.1) is 0 Å². The molecule has 0 spiro atoms. The molecule has 0 saturated heterocycles. The molecular weight excluding hydrogens is 447 g/mol. The predicted molar refractivity (Wildman–Crippen MR) is 109 cm³/mol. The molecule has 32 heavy (non-hydrogen) atoms. The number of pyridine rings is 2. The van der Waals surface area contributed by atoms with Crippen LogP contribution in [0.15, 0.2) is 59.8 Å². The molecule has 1 aliphatic rings. The monoisotopic (exact) mass is 463 g/mol. The Morgan fingerprint density at radius 1 is 1.06 bits per heavy atom. The van der Waals surface area contributed by atoms with Crippen molar-refractivity contribution < 1.29 is 31.1 Å². The molecule has 3 heterocycles. The van der Waals surface area contributed by atoms with Crippen molar-refractivity contribution in [1.29, 1.82) is 0 Å². The van der Waals surface area contributed by atoms with E-state index in [2.05, 4.69) is 9.97 Å². The van der Waals surface area contributed by atoms with Gasteiger partial charge in [-0.2, -0.15) is 13.2 Å². The summed E-state index contributed by atoms with van der Waals surface area (Å²) in [6.45, 7) is -1.39. The zero-order valence-electron chi connectivity index (χ0n) is 16.6. The Labute approximate surface area is 181 Å². The lowest BCUT2D eigenvalue weighted by Gasteiger charge is -2.15. The van der Waals surface area contributed by atoms with Crippen LogP contribution >= 0.6 is 0 Å². The second-order valence-electron chi connectivity index (χ2n) is 7.10. The van der Waals surface area contributed by atoms with Crippen molar-refractivity contribution in [2.24, 2.45) is 0 Å². The molecule has 0 N–H and O–H groups in total. The van der Waals surface area contributed by atoms with Crippen LogP contribution in [0.2, 0.25) is 0 Å². The Balaban J connectivity index is 1.70. The largest absolute Gasteiger partial charge is 0.483 e. The highest BCUT2D eigenvalue weighted by molar-refractivity contribution is 7.90. The molecule has 0 unspecified atom stereocenters. The van der Waals surface area contributed by atoms with E-state index in [4.69, 9.17) is 4.74 Å². The first kappa shape index (κ1) is 21.8. The standard InChI is InChI=1S/C21H16F3N3O4S/c1-32(29,30)13-6-7-18(26-10-13)27-11-16-14(20(27)28)8-9-25-19(16)15-4-2-3-5-17(15)31-12-21(22,23)24/h2-10H,11-12H2,1H3. The zero-order chi connectivity index (χ0) is 23.1. The van der Waals surface area contributed by atoms with Gasteiger partial charge in [0.1, 0.15) is 11.6 Å². The smallest absolute Gasteiger partial charge is 0.422 e. The van der Waals surface area contributed by atoms with E-state index in [0.29, 0.717) is 22.4 Å². The number of amides is 1. The van der Waals surface area contributed by atoms with Crippen LogP contribution in [-0.2, 0) is 16.4 Å². The third-order valence-corrected chi connectivity index (χ3v) is 5.90. The molecule has 4 rings (SSSR count). The summed E-state index contributed by atoms with van der Waals surface area (Å²) in [5.74, 6) is -0.143. The molecule has 0 bridgehead atoms. The Morgan fingerprint density at radius 2 is 1.81 bits per heavy atom. The van der Waals surface area contributed by atoms with Crippen LogP contribution in [0.25, 0.3) is 11.3 Å². The summed E-state index contributed by atoms with van der Waals surface area (Å²) in [7, 11) is -3.44. The molecule has 11 heteroatoms. The third-order valence-electron chi connectivity index (χ3n) is 4.81. The quantitative estimate of drug-likeness (QED) is 0.574. The molecule has 166 valence electrons. The van der Waals surface area contributed by atoms with Crippen molar-refractivity contribution in [2.45, 2.75) is 17.6 Å². The second-order valence-corrected chi connectivity index (χ2v) is 9.12. The number of nitrogens with zero attached hydrogens (tertiary/aromatic N) is 3. The summed E-state index contributed by atoms with van der Waals surface area (Å²) >= 11 is 0. The number of fused-ring (bicyclic) bond motifs is 1. The first-order chi connectivity index (χ1) is 15.0. The fourth-order valence-electron chi connectivity index (χ4n) is 3.34. The van der Waals surface area contributed by atoms with Crippen molar-refractivity contribution >= 4 is 21.6 Å². The van der Waals surface area contributed by atoms with Gasteiger partial charge in [0.25, 0.3) is 5.91 Å². The van der Waals surface area contributed by atoms with Crippen LogP contribution in [-0.4, -0.2) is 43.3 Å². The highest BCUT2D eigenvalue weighted by Crippen LogP contribution is 2.37. The topological polar surface area (TPSA) is 89.5 Å². The van der Waals surface area contributed by atoms with E-state index in [9.17, 15) is 26.4 Å². The summed E-state index contributed by atoms with van der Waals surface area (Å²) in [6, 6.07) is 10.5. The SMILES string of the molecule is CS(=O)(=O)c1ccc(N2Cc3c(ccnc3-c3ccccc3OCC(F)(F)F)C2=O)nc1. The number of para-hydroxylation sites is 1. The minimum absolute atomic E-state index is 0.00717. The highest BCUT2D eigenvalue weighted by atomic mass is 32.2. The number of aromatic nitrogens is 2. The molecule has 0 atom stereocenters. The van der Waals surface area contributed by atoms with Crippen LogP contribution in [0.3, 0.4) is 0 Å². The van der Waals surface area contributed by atoms with Crippen LogP contribution in [0.1, 0.15) is 15.9 Å². The van der Waals surface area contributed by atoms with Gasteiger partial charge in [0.15, 0.2) is 16.4 Å². The third kappa shape index (κ3) is 4.28. The van der Waals surface area contributed by atoms with Crippen LogP contribution < -0.4 is 9.64 Å². The van der Waals surface area contributed by atoms with Crippen molar-refractivity contribution in [3.05, 3.63) is 66.0 Å². The van der Waals surface area contributed by atoms with E-state index >= 15 is 0 Å². The summed E-state index contributed by atoms with van der Waals surface area (Å²) < 4.78 is 66.2. The number of halogens is 3. The molecule has 0 aliphatic carbocycles. The first-order valence-electron chi connectivity index (χ1n) is 9.29. The number of carbonyl (C=O) groups excluding carboxylic acids is 1. The average molecular weight is 463 g/mol. The normalized spacial score (nSPS) is 13.9. The zero-order valence-corrected chi connectivity index (χ0v) is 17.4. The van der Waals surface area contributed by atoms with Crippen molar-refractivity contribution in [2.75, 3.05) is 17.8 Å². The number of anilines is 1. The summed E-state index contributed by atoms with van der Waals surface area (Å²) in [4.78, 5) is 22.7. The Morgan fingerprint density at radius 3 is 2.47 bits per heavy atom. The summed E-state index contributed by atoms with van der Waals surface area (Å²) in [5.41, 5.74) is 1.48. The number of benzene rings is 1. The molecular formula is C21H16F3N3O4S. The molecule has 0 radical (unpaired) electrons. The second kappa shape index (κ2) is 7.90. The van der Waals surface area contributed by atoms with E-state index in [0.717, 1.165) is 6.26 Å². The average Bonchev–Trinajstić information content (AvgIpc) is 3.08. The number of ether oxygens (including phenoxy) is 1. The number of alkyl halides is 3. The number of carbonyl (C=O) groups is 1. The lowest BCUT2D eigenvalue weighted by atomic mass is 10.0. The molecule has 7 nitrogen and oxygen atoms in total. The fourth-order valence-corrected chi connectivity index (χ4v) is 3.90. The molecule has 1 aromatic carbocycles. The number of hydrogen-bond acceptors (Lipinski definition) is 6. The predicted octanol–water partition coefficient (Wildman–Crippen LogP) is 3.65. The van der Waals surface area contributed by atoms with Gasteiger partial charge in [0.2, 0.25) is 0 Å². The molecule has 3 aromatic rings. The minimum Gasteiger partial charge on any atom is -0.483 e. The van der Waals surface area contributed by atoms with Gasteiger partial charge in [-0.15, -0.1) is 0 Å². The van der Waals surface area contributed by atoms with Gasteiger partial charge in [-0.05, 0) is 30.3 Å². The Kier molecular flexibility index (Phi) is 5.37. The van der Waals surface area contributed by atoms with Gasteiger partial charge in [-0.25, -0.2) is 13.4 Å². The number of rotatable bonds is 5. The molecule has 1 aliphatic heterocycles. The summed E-state index contributed by atoms with van der Waals surface area (Å²) in [6.07, 6.45) is -0.886. The first-order valence-corrected chi connectivity index (χ1v) is 11.2. The van der Waals surface area contributed by atoms with Crippen LogP contribution in [0.5, 0.6) is 5.75 Å². The maximum atomic E-state index is 13.0. The van der Waals surface area contributed by atoms with E-state index in [1.807, 2.05) is 0 Å². The van der Waals surface area contributed by atoms with Gasteiger partial charge in [0.05, 0.1) is 17.1 Å². The maximum Gasteiger partial charge on any atom is 0.422 e. The maximum absolute atomic E-state index is 13.0. The highest BCUT2D eigenvalue weighted by Gasteiger charge is 2.33.